The van der Waals surface area contributed by atoms with Crippen molar-refractivity contribution < 1.29 is 14.4 Å². The minimum Gasteiger partial charge on any atom is -0.366 e. The van der Waals surface area contributed by atoms with Crippen LogP contribution in [0.2, 0.25) is 0 Å². The quantitative estimate of drug-likeness (QED) is 0.875. The predicted molar refractivity (Wildman–Crippen MR) is 80.1 cm³/mol. The van der Waals surface area contributed by atoms with E-state index in [4.69, 9.17) is 5.73 Å². The first-order valence-electron chi connectivity index (χ1n) is 7.47. The largest absolute Gasteiger partial charge is 0.366 e. The molecule has 0 radical (unpaired) electrons. The van der Waals surface area contributed by atoms with Crippen LogP contribution in [0, 0.1) is 0 Å². The van der Waals surface area contributed by atoms with Crippen molar-refractivity contribution in [3.05, 3.63) is 34.9 Å². The van der Waals surface area contributed by atoms with E-state index in [1.807, 2.05) is 11.0 Å². The van der Waals surface area contributed by atoms with Gasteiger partial charge in [0.2, 0.25) is 11.8 Å². The summed E-state index contributed by atoms with van der Waals surface area (Å²) in [6.45, 7) is 3.42. The Morgan fingerprint density at radius 2 is 1.91 bits per heavy atom. The summed E-state index contributed by atoms with van der Waals surface area (Å²) in [4.78, 5) is 39.2. The topological polar surface area (TPSA) is 83.7 Å². The molecule has 3 amide bonds. The summed E-state index contributed by atoms with van der Waals surface area (Å²) in [5.41, 5.74) is 6.97. The maximum Gasteiger partial charge on any atom is 0.255 e. The summed E-state index contributed by atoms with van der Waals surface area (Å²) in [5, 5.41) is 0. The summed E-state index contributed by atoms with van der Waals surface area (Å²) in [6.07, 6.45) is 1.54. The van der Waals surface area contributed by atoms with Gasteiger partial charge in [0, 0.05) is 32.6 Å². The summed E-state index contributed by atoms with van der Waals surface area (Å²) in [6, 6.07) is 5.33. The van der Waals surface area contributed by atoms with Crippen LogP contribution in [-0.2, 0) is 11.3 Å². The molecular weight excluding hydrogens is 282 g/mol. The Balaban J connectivity index is 1.79. The fraction of sp³-hybridized carbons (Fsp3) is 0.438. The van der Waals surface area contributed by atoms with Crippen molar-refractivity contribution in [2.24, 2.45) is 5.73 Å². The molecule has 2 heterocycles. The number of carbonyl (C=O) groups is 3. The third-order valence-corrected chi connectivity index (χ3v) is 4.58. The molecule has 0 saturated carbocycles. The smallest absolute Gasteiger partial charge is 0.255 e. The van der Waals surface area contributed by atoms with E-state index in [1.54, 1.807) is 24.0 Å². The monoisotopic (exact) mass is 301 g/mol. The standard InChI is InChI=1S/C16H19N3O3/c1-10(20)18-7-5-12(6-8-18)19-9-11-3-2-4-13(15(17)21)14(11)16(19)22/h2-4,12H,5-9H2,1H3,(H2,17,21). The second-order valence-electron chi connectivity index (χ2n) is 5.87. The Kier molecular flexibility index (Phi) is 3.60. The van der Waals surface area contributed by atoms with Gasteiger partial charge in [0.1, 0.15) is 0 Å². The first-order valence-corrected chi connectivity index (χ1v) is 7.47. The van der Waals surface area contributed by atoms with Crippen LogP contribution >= 0.6 is 0 Å². The lowest BCUT2D eigenvalue weighted by Crippen LogP contribution is -2.46. The minimum atomic E-state index is -0.571. The van der Waals surface area contributed by atoms with Crippen molar-refractivity contribution in [1.82, 2.24) is 9.80 Å². The van der Waals surface area contributed by atoms with Crippen molar-refractivity contribution in [1.29, 1.82) is 0 Å². The lowest BCUT2D eigenvalue weighted by atomic mass is 10.0. The molecule has 0 unspecified atom stereocenters. The minimum absolute atomic E-state index is 0.0745. The summed E-state index contributed by atoms with van der Waals surface area (Å²) < 4.78 is 0. The van der Waals surface area contributed by atoms with E-state index in [1.165, 1.54) is 0 Å². The number of nitrogens with zero attached hydrogens (tertiary/aromatic N) is 2. The Morgan fingerprint density at radius 3 is 2.50 bits per heavy atom. The number of hydrogen-bond donors (Lipinski definition) is 1. The van der Waals surface area contributed by atoms with E-state index in [-0.39, 0.29) is 17.9 Å². The van der Waals surface area contributed by atoms with E-state index in [2.05, 4.69) is 0 Å². The van der Waals surface area contributed by atoms with Crippen LogP contribution in [0.25, 0.3) is 0 Å². The van der Waals surface area contributed by atoms with Crippen molar-refractivity contribution >= 4 is 17.7 Å². The van der Waals surface area contributed by atoms with Gasteiger partial charge in [-0.3, -0.25) is 14.4 Å². The van der Waals surface area contributed by atoms with Gasteiger partial charge in [-0.25, -0.2) is 0 Å². The molecule has 0 aliphatic carbocycles. The molecule has 1 saturated heterocycles. The van der Waals surface area contributed by atoms with Gasteiger partial charge in [-0.1, -0.05) is 12.1 Å². The van der Waals surface area contributed by atoms with Gasteiger partial charge in [-0.15, -0.1) is 0 Å². The molecule has 0 atom stereocenters. The number of piperidine rings is 1. The molecule has 2 N–H and O–H groups in total. The van der Waals surface area contributed by atoms with Gasteiger partial charge in [0.15, 0.2) is 0 Å². The van der Waals surface area contributed by atoms with Crippen molar-refractivity contribution in [2.45, 2.75) is 32.4 Å². The van der Waals surface area contributed by atoms with Crippen molar-refractivity contribution in [3.8, 4) is 0 Å². The Labute approximate surface area is 128 Å². The Bertz CT molecular complexity index is 648. The normalized spacial score (nSPS) is 18.5. The molecule has 0 aromatic heterocycles. The number of rotatable bonds is 2. The molecule has 2 aliphatic rings. The Hall–Kier alpha value is -2.37. The molecule has 1 aromatic rings. The van der Waals surface area contributed by atoms with Gasteiger partial charge in [0.25, 0.3) is 5.91 Å². The van der Waals surface area contributed by atoms with Gasteiger partial charge in [-0.2, -0.15) is 0 Å². The zero-order valence-corrected chi connectivity index (χ0v) is 12.5. The lowest BCUT2D eigenvalue weighted by Gasteiger charge is -2.36. The lowest BCUT2D eigenvalue weighted by molar-refractivity contribution is -0.130. The van der Waals surface area contributed by atoms with Crippen LogP contribution in [0.1, 0.15) is 46.0 Å². The highest BCUT2D eigenvalue weighted by molar-refractivity contribution is 6.09. The molecule has 6 heteroatoms. The SMILES string of the molecule is CC(=O)N1CCC(N2Cc3cccc(C(N)=O)c3C2=O)CC1. The number of hydrogen-bond acceptors (Lipinski definition) is 3. The number of fused-ring (bicyclic) bond motifs is 1. The molecule has 0 bridgehead atoms. The highest BCUT2D eigenvalue weighted by atomic mass is 16.2. The average Bonchev–Trinajstić information content (AvgIpc) is 2.84. The van der Waals surface area contributed by atoms with Crippen LogP contribution in [0.4, 0.5) is 0 Å². The maximum atomic E-state index is 12.7. The van der Waals surface area contributed by atoms with E-state index >= 15 is 0 Å². The summed E-state index contributed by atoms with van der Waals surface area (Å²) in [5.74, 6) is -0.616. The molecule has 22 heavy (non-hydrogen) atoms. The van der Waals surface area contributed by atoms with Crippen molar-refractivity contribution in [2.75, 3.05) is 13.1 Å². The number of nitrogens with two attached hydrogens (primary N) is 1. The number of benzene rings is 1. The van der Waals surface area contributed by atoms with E-state index in [9.17, 15) is 14.4 Å². The number of carbonyl (C=O) groups excluding carboxylic acids is 3. The fourth-order valence-corrected chi connectivity index (χ4v) is 3.38. The third-order valence-electron chi connectivity index (χ3n) is 4.58. The van der Waals surface area contributed by atoms with Crippen LogP contribution in [0.15, 0.2) is 18.2 Å². The molecule has 2 aliphatic heterocycles. The van der Waals surface area contributed by atoms with Crippen LogP contribution in [0.5, 0.6) is 0 Å². The Morgan fingerprint density at radius 1 is 1.23 bits per heavy atom. The van der Waals surface area contributed by atoms with Gasteiger partial charge < -0.3 is 15.5 Å². The zero-order chi connectivity index (χ0) is 15.9. The molecule has 6 nitrogen and oxygen atoms in total. The predicted octanol–water partition coefficient (Wildman–Crippen LogP) is 0.752. The summed E-state index contributed by atoms with van der Waals surface area (Å²) >= 11 is 0. The van der Waals surface area contributed by atoms with Crippen LogP contribution < -0.4 is 5.73 Å². The second-order valence-corrected chi connectivity index (χ2v) is 5.87. The molecule has 1 fully saturated rings. The highest BCUT2D eigenvalue weighted by Crippen LogP contribution is 2.30. The zero-order valence-electron chi connectivity index (χ0n) is 12.5. The fourth-order valence-electron chi connectivity index (χ4n) is 3.38. The molecule has 116 valence electrons. The number of amides is 3. The van der Waals surface area contributed by atoms with Crippen LogP contribution in [-0.4, -0.2) is 46.7 Å². The van der Waals surface area contributed by atoms with Crippen LogP contribution in [0.3, 0.4) is 0 Å². The third kappa shape index (κ3) is 2.34. The second kappa shape index (κ2) is 5.44. The molecule has 1 aromatic carbocycles. The highest BCUT2D eigenvalue weighted by Gasteiger charge is 2.36. The first kappa shape index (κ1) is 14.6. The van der Waals surface area contributed by atoms with E-state index in [0.717, 1.165) is 18.4 Å². The summed E-state index contributed by atoms with van der Waals surface area (Å²) in [7, 11) is 0. The molecule has 3 rings (SSSR count). The molecule has 0 spiro atoms. The number of primary amides is 1. The average molecular weight is 301 g/mol. The van der Waals surface area contributed by atoms with Gasteiger partial charge in [0.05, 0.1) is 11.1 Å². The molecular formula is C16H19N3O3. The van der Waals surface area contributed by atoms with E-state index < -0.39 is 5.91 Å². The van der Waals surface area contributed by atoms with Gasteiger partial charge >= 0.3 is 0 Å². The van der Waals surface area contributed by atoms with Gasteiger partial charge in [-0.05, 0) is 24.5 Å². The first-order chi connectivity index (χ1) is 10.5. The van der Waals surface area contributed by atoms with E-state index in [0.29, 0.717) is 30.8 Å². The number of likely N-dealkylation sites (tertiary alicyclic amines) is 1. The maximum absolute atomic E-state index is 12.7. The van der Waals surface area contributed by atoms with Crippen molar-refractivity contribution in [3.63, 3.8) is 0 Å².